The zero-order valence-corrected chi connectivity index (χ0v) is 19.3. The van der Waals surface area contributed by atoms with Crippen LogP contribution >= 0.6 is 0 Å². The largest absolute Gasteiger partial charge is 0.384 e. The summed E-state index contributed by atoms with van der Waals surface area (Å²) in [4.78, 5) is 37.9. The van der Waals surface area contributed by atoms with E-state index in [1.165, 1.54) is 0 Å². The molecule has 0 radical (unpaired) electrons. The summed E-state index contributed by atoms with van der Waals surface area (Å²) in [5.74, 6) is 0.297. The van der Waals surface area contributed by atoms with Crippen molar-refractivity contribution in [1.82, 2.24) is 4.90 Å². The van der Waals surface area contributed by atoms with Crippen molar-refractivity contribution in [2.45, 2.75) is 64.0 Å². The van der Waals surface area contributed by atoms with Gasteiger partial charge in [0.25, 0.3) is 0 Å². The molecule has 1 heterocycles. The van der Waals surface area contributed by atoms with Crippen molar-refractivity contribution in [3.05, 3.63) is 83.4 Å². The number of rotatable bonds is 12. The smallest absolute Gasteiger partial charge is 0.223 e. The number of carbonyl (C=O) groups excluding carboxylic acids is 3. The molecule has 1 unspecified atom stereocenters. The molecule has 1 N–H and O–H groups in total. The maximum Gasteiger partial charge on any atom is 0.223 e. The van der Waals surface area contributed by atoms with Crippen LogP contribution in [0.2, 0.25) is 0 Å². The molecule has 1 fully saturated rings. The molecule has 0 spiro atoms. The summed E-state index contributed by atoms with van der Waals surface area (Å²) < 4.78 is 0. The number of hydrogen-bond acceptors (Lipinski definition) is 4. The molecule has 5 heteroatoms. The third-order valence-corrected chi connectivity index (χ3v) is 6.09. The minimum Gasteiger partial charge on any atom is -0.384 e. The highest BCUT2D eigenvalue weighted by molar-refractivity contribution is 6.09. The van der Waals surface area contributed by atoms with Crippen LogP contribution in [0.15, 0.2) is 66.7 Å². The van der Waals surface area contributed by atoms with Crippen LogP contribution in [-0.4, -0.2) is 40.1 Å². The predicted molar refractivity (Wildman–Crippen MR) is 129 cm³/mol. The molecule has 1 saturated heterocycles. The highest BCUT2D eigenvalue weighted by Gasteiger charge is 2.28. The third kappa shape index (κ3) is 7.22. The second-order valence-corrected chi connectivity index (χ2v) is 8.71. The lowest BCUT2D eigenvalue weighted by Gasteiger charge is -2.22. The first kappa shape index (κ1) is 24.6. The molecule has 174 valence electrons. The van der Waals surface area contributed by atoms with Gasteiger partial charge in [-0.05, 0) is 37.8 Å². The van der Waals surface area contributed by atoms with E-state index in [2.05, 4.69) is 0 Å². The number of nitrogens with zero attached hydrogens (tertiary/aromatic N) is 1. The molecule has 0 aromatic heterocycles. The molecule has 1 aliphatic heterocycles. The first-order valence-electron chi connectivity index (χ1n) is 11.8. The molecular formula is C28H33NO4. The molecule has 0 bridgehead atoms. The fourth-order valence-corrected chi connectivity index (χ4v) is 4.22. The topological polar surface area (TPSA) is 74.7 Å². The lowest BCUT2D eigenvalue weighted by atomic mass is 9.99. The van der Waals surface area contributed by atoms with Gasteiger partial charge in [0, 0.05) is 30.5 Å². The maximum absolute atomic E-state index is 12.7. The molecule has 2 aromatic rings. The van der Waals surface area contributed by atoms with Gasteiger partial charge in [0.1, 0.15) is 5.78 Å². The number of benzene rings is 2. The Morgan fingerprint density at radius 1 is 1.03 bits per heavy atom. The summed E-state index contributed by atoms with van der Waals surface area (Å²) in [6.07, 6.45) is 8.51. The van der Waals surface area contributed by atoms with E-state index in [1.807, 2.05) is 29.2 Å². The van der Waals surface area contributed by atoms with Gasteiger partial charge in [-0.25, -0.2) is 0 Å². The van der Waals surface area contributed by atoms with Crippen LogP contribution in [0.5, 0.6) is 0 Å². The highest BCUT2D eigenvalue weighted by Crippen LogP contribution is 2.24. The van der Waals surface area contributed by atoms with Crippen molar-refractivity contribution in [3.63, 3.8) is 0 Å². The van der Waals surface area contributed by atoms with Crippen LogP contribution < -0.4 is 0 Å². The molecular weight excluding hydrogens is 414 g/mol. The number of unbranched alkanes of at least 4 members (excludes halogenated alkanes) is 3. The van der Waals surface area contributed by atoms with Crippen molar-refractivity contribution in [2.24, 2.45) is 0 Å². The van der Waals surface area contributed by atoms with E-state index in [1.54, 1.807) is 49.4 Å². The van der Waals surface area contributed by atoms with Crippen molar-refractivity contribution < 1.29 is 19.5 Å². The van der Waals surface area contributed by atoms with Crippen LogP contribution in [-0.2, 0) is 9.59 Å². The highest BCUT2D eigenvalue weighted by atomic mass is 16.3. The zero-order chi connectivity index (χ0) is 23.6. The number of amides is 1. The Labute approximate surface area is 196 Å². The van der Waals surface area contributed by atoms with Gasteiger partial charge in [-0.2, -0.15) is 0 Å². The second-order valence-electron chi connectivity index (χ2n) is 8.71. The molecule has 33 heavy (non-hydrogen) atoms. The molecule has 0 aliphatic carbocycles. The fourth-order valence-electron chi connectivity index (χ4n) is 4.22. The number of hydrogen-bond donors (Lipinski definition) is 1. The molecule has 0 saturated carbocycles. The van der Waals surface area contributed by atoms with E-state index in [0.717, 1.165) is 32.1 Å². The van der Waals surface area contributed by atoms with Crippen LogP contribution in [0.25, 0.3) is 0 Å². The average Bonchev–Trinajstić information content (AvgIpc) is 3.18. The SMILES string of the molecule is CC(=O)CCCCCCN1C(=O)CC[C@@H]1/C=C/C(O)c1cccc(C(=O)c2ccccc2)c1. The van der Waals surface area contributed by atoms with Crippen LogP contribution in [0.3, 0.4) is 0 Å². The summed E-state index contributed by atoms with van der Waals surface area (Å²) in [7, 11) is 0. The lowest BCUT2D eigenvalue weighted by molar-refractivity contribution is -0.128. The summed E-state index contributed by atoms with van der Waals surface area (Å²) in [6.45, 7) is 2.32. The number of ketones is 2. The van der Waals surface area contributed by atoms with E-state index in [4.69, 9.17) is 0 Å². The third-order valence-electron chi connectivity index (χ3n) is 6.09. The normalized spacial score (nSPS) is 17.0. The van der Waals surface area contributed by atoms with E-state index in [-0.39, 0.29) is 23.5 Å². The summed E-state index contributed by atoms with van der Waals surface area (Å²) in [5, 5.41) is 10.7. The van der Waals surface area contributed by atoms with E-state index in [9.17, 15) is 19.5 Å². The number of aliphatic hydroxyl groups excluding tert-OH is 1. The van der Waals surface area contributed by atoms with E-state index in [0.29, 0.717) is 36.1 Å². The Morgan fingerprint density at radius 2 is 1.76 bits per heavy atom. The molecule has 5 nitrogen and oxygen atoms in total. The van der Waals surface area contributed by atoms with E-state index < -0.39 is 6.10 Å². The number of Topliss-reactive ketones (excluding diaryl/α,β-unsaturated/α-hetero) is 1. The number of carbonyl (C=O) groups is 3. The van der Waals surface area contributed by atoms with Crippen molar-refractivity contribution in [3.8, 4) is 0 Å². The minimum absolute atomic E-state index is 0.0153. The van der Waals surface area contributed by atoms with Crippen LogP contribution in [0.4, 0.5) is 0 Å². The summed E-state index contributed by atoms with van der Waals surface area (Å²) in [5.41, 5.74) is 1.80. The van der Waals surface area contributed by atoms with Crippen molar-refractivity contribution >= 4 is 17.5 Å². The Balaban J connectivity index is 1.56. The number of likely N-dealkylation sites (tertiary alicyclic amines) is 1. The summed E-state index contributed by atoms with van der Waals surface area (Å²) in [6, 6.07) is 16.1. The lowest BCUT2D eigenvalue weighted by Crippen LogP contribution is -2.32. The molecule has 2 atom stereocenters. The summed E-state index contributed by atoms with van der Waals surface area (Å²) >= 11 is 0. The minimum atomic E-state index is -0.849. The Bertz CT molecular complexity index is 982. The van der Waals surface area contributed by atoms with Crippen LogP contribution in [0, 0.1) is 0 Å². The van der Waals surface area contributed by atoms with Gasteiger partial charge in [-0.3, -0.25) is 9.59 Å². The molecule has 1 aliphatic rings. The standard InChI is InChI=1S/C28H33NO4/c1-21(30)10-5-2-3-8-19-29-25(16-18-27(29)32)15-17-26(31)23-13-9-14-24(20-23)28(33)22-11-6-4-7-12-22/h4,6-7,9,11-15,17,20,25-26,31H,2-3,5,8,10,16,18-19H2,1H3/b17-15+/t25-,26?/m0/s1. The molecule has 1 amide bonds. The average molecular weight is 448 g/mol. The van der Waals surface area contributed by atoms with Crippen molar-refractivity contribution in [2.75, 3.05) is 6.54 Å². The second kappa shape index (κ2) is 12.3. The maximum atomic E-state index is 12.7. The van der Waals surface area contributed by atoms with Crippen LogP contribution in [0.1, 0.15) is 79.5 Å². The monoisotopic (exact) mass is 447 g/mol. The fraction of sp³-hybridized carbons (Fsp3) is 0.393. The van der Waals surface area contributed by atoms with Crippen molar-refractivity contribution in [1.29, 1.82) is 0 Å². The molecule has 3 rings (SSSR count). The van der Waals surface area contributed by atoms with Gasteiger partial charge in [0.15, 0.2) is 5.78 Å². The van der Waals surface area contributed by atoms with E-state index >= 15 is 0 Å². The Morgan fingerprint density at radius 3 is 2.52 bits per heavy atom. The van der Waals surface area contributed by atoms with Gasteiger partial charge in [-0.15, -0.1) is 0 Å². The predicted octanol–water partition coefficient (Wildman–Crippen LogP) is 5.04. The first-order valence-corrected chi connectivity index (χ1v) is 11.8. The van der Waals surface area contributed by atoms with Gasteiger partial charge < -0.3 is 14.8 Å². The Kier molecular flexibility index (Phi) is 9.14. The quantitative estimate of drug-likeness (QED) is 0.281. The number of aliphatic hydroxyl groups is 1. The van der Waals surface area contributed by atoms with Gasteiger partial charge in [-0.1, -0.05) is 73.5 Å². The van der Waals surface area contributed by atoms with Gasteiger partial charge in [0.05, 0.1) is 12.1 Å². The van der Waals surface area contributed by atoms with Gasteiger partial charge in [0.2, 0.25) is 5.91 Å². The van der Waals surface area contributed by atoms with Gasteiger partial charge >= 0.3 is 0 Å². The Hall–Kier alpha value is -3.05. The zero-order valence-electron chi connectivity index (χ0n) is 19.3. The first-order chi connectivity index (χ1) is 16.0. The molecule has 2 aromatic carbocycles.